The zero-order valence-corrected chi connectivity index (χ0v) is 8.76. The summed E-state index contributed by atoms with van der Waals surface area (Å²) in [6.07, 6.45) is 2.10. The van der Waals surface area contributed by atoms with Crippen LogP contribution < -0.4 is 0 Å². The van der Waals surface area contributed by atoms with Crippen LogP contribution in [0.2, 0.25) is 0 Å². The Labute approximate surface area is 89.7 Å². The lowest BCUT2D eigenvalue weighted by Gasteiger charge is -2.09. The lowest BCUT2D eigenvalue weighted by atomic mass is 9.96. The molecule has 0 aromatic heterocycles. The molecule has 0 aliphatic rings. The Bertz CT molecular complexity index is 293. The molecule has 1 unspecified atom stereocenters. The van der Waals surface area contributed by atoms with Crippen LogP contribution in [0.3, 0.4) is 0 Å². The second-order valence-electron chi connectivity index (χ2n) is 2.83. The molecular formula is C12H16O3. The molecule has 0 bridgehead atoms. The first kappa shape index (κ1) is 13.4. The minimum absolute atomic E-state index is 0.460. The average molecular weight is 208 g/mol. The quantitative estimate of drug-likeness (QED) is 0.744. The zero-order valence-electron chi connectivity index (χ0n) is 8.76. The zero-order chi connectivity index (χ0) is 11.7. The Morgan fingerprint density at radius 2 is 1.93 bits per heavy atom. The van der Waals surface area contributed by atoms with E-state index < -0.39 is 11.9 Å². The molecule has 0 fully saturated rings. The molecule has 0 spiro atoms. The number of benzene rings is 1. The van der Waals surface area contributed by atoms with Crippen molar-refractivity contribution in [1.29, 1.82) is 0 Å². The van der Waals surface area contributed by atoms with Crippen molar-refractivity contribution in [3.8, 4) is 0 Å². The van der Waals surface area contributed by atoms with Gasteiger partial charge in [-0.15, -0.1) is 6.58 Å². The van der Waals surface area contributed by atoms with Gasteiger partial charge in [-0.05, 0) is 12.0 Å². The van der Waals surface area contributed by atoms with Gasteiger partial charge in [0.25, 0.3) is 0 Å². The molecule has 82 valence electrons. The maximum atomic E-state index is 10.8. The number of carboxylic acids is 1. The van der Waals surface area contributed by atoms with Crippen LogP contribution in [0.1, 0.15) is 17.9 Å². The van der Waals surface area contributed by atoms with Crippen molar-refractivity contribution in [3.05, 3.63) is 48.6 Å². The Morgan fingerprint density at radius 1 is 1.40 bits per heavy atom. The largest absolute Gasteiger partial charge is 0.481 e. The summed E-state index contributed by atoms with van der Waals surface area (Å²) >= 11 is 0. The minimum Gasteiger partial charge on any atom is -0.481 e. The van der Waals surface area contributed by atoms with Crippen LogP contribution in [0.5, 0.6) is 0 Å². The molecule has 3 heteroatoms. The number of carbonyl (C=O) groups is 1. The highest BCUT2D eigenvalue weighted by molar-refractivity contribution is 5.76. The van der Waals surface area contributed by atoms with Gasteiger partial charge in [-0.2, -0.15) is 0 Å². The topological polar surface area (TPSA) is 57.5 Å². The third-order valence-electron chi connectivity index (χ3n) is 1.90. The third-order valence-corrected chi connectivity index (χ3v) is 1.90. The summed E-state index contributed by atoms with van der Waals surface area (Å²) in [5.41, 5.74) is 0.829. The Balaban J connectivity index is 0.000000921. The lowest BCUT2D eigenvalue weighted by molar-refractivity contribution is -0.138. The molecule has 3 nitrogen and oxygen atoms in total. The molecule has 1 aromatic carbocycles. The Kier molecular flexibility index (Phi) is 6.93. The van der Waals surface area contributed by atoms with E-state index in [1.807, 2.05) is 30.3 Å². The first-order valence-electron chi connectivity index (χ1n) is 4.59. The maximum Gasteiger partial charge on any atom is 0.311 e. The number of aliphatic hydroxyl groups excluding tert-OH is 1. The van der Waals surface area contributed by atoms with Crippen molar-refractivity contribution in [3.63, 3.8) is 0 Å². The van der Waals surface area contributed by atoms with Crippen molar-refractivity contribution in [1.82, 2.24) is 0 Å². The fraction of sp³-hybridized carbons (Fsp3) is 0.250. The minimum atomic E-state index is -0.800. The summed E-state index contributed by atoms with van der Waals surface area (Å²) in [6.45, 7) is 3.55. The Morgan fingerprint density at radius 3 is 2.33 bits per heavy atom. The number of allylic oxidation sites excluding steroid dienone is 1. The molecule has 2 N–H and O–H groups in total. The highest BCUT2D eigenvalue weighted by atomic mass is 16.4. The van der Waals surface area contributed by atoms with Crippen molar-refractivity contribution in [2.75, 3.05) is 7.11 Å². The van der Waals surface area contributed by atoms with Gasteiger partial charge >= 0.3 is 5.97 Å². The van der Waals surface area contributed by atoms with Crippen molar-refractivity contribution < 1.29 is 15.0 Å². The molecular weight excluding hydrogens is 192 g/mol. The van der Waals surface area contributed by atoms with E-state index in [0.717, 1.165) is 12.7 Å². The summed E-state index contributed by atoms with van der Waals surface area (Å²) in [5, 5.41) is 15.9. The van der Waals surface area contributed by atoms with E-state index in [1.165, 1.54) is 0 Å². The number of aliphatic hydroxyl groups is 1. The van der Waals surface area contributed by atoms with Gasteiger partial charge in [-0.25, -0.2) is 0 Å². The number of rotatable bonds is 4. The summed E-state index contributed by atoms with van der Waals surface area (Å²) < 4.78 is 0. The van der Waals surface area contributed by atoms with Crippen LogP contribution in [0.15, 0.2) is 43.0 Å². The average Bonchev–Trinajstić information content (AvgIpc) is 2.29. The molecule has 15 heavy (non-hydrogen) atoms. The lowest BCUT2D eigenvalue weighted by Crippen LogP contribution is -2.10. The molecule has 0 aliphatic heterocycles. The molecule has 0 radical (unpaired) electrons. The Hall–Kier alpha value is -1.61. The summed E-state index contributed by atoms with van der Waals surface area (Å²) in [7, 11) is 1.00. The van der Waals surface area contributed by atoms with Crippen LogP contribution >= 0.6 is 0 Å². The van der Waals surface area contributed by atoms with Gasteiger partial charge in [0.15, 0.2) is 0 Å². The van der Waals surface area contributed by atoms with Crippen molar-refractivity contribution in [2.45, 2.75) is 12.3 Å². The molecule has 1 aromatic rings. The van der Waals surface area contributed by atoms with Gasteiger partial charge in [-0.3, -0.25) is 4.79 Å². The highest BCUT2D eigenvalue weighted by Gasteiger charge is 2.16. The normalized spacial score (nSPS) is 10.8. The molecule has 1 atom stereocenters. The van der Waals surface area contributed by atoms with Gasteiger partial charge in [-0.1, -0.05) is 36.4 Å². The first-order chi connectivity index (χ1) is 7.25. The van der Waals surface area contributed by atoms with Crippen LogP contribution in [0.4, 0.5) is 0 Å². The second kappa shape index (κ2) is 7.76. The third kappa shape index (κ3) is 4.42. The fourth-order valence-electron chi connectivity index (χ4n) is 1.23. The van der Waals surface area contributed by atoms with E-state index in [9.17, 15) is 4.79 Å². The van der Waals surface area contributed by atoms with Gasteiger partial charge in [0.05, 0.1) is 5.92 Å². The van der Waals surface area contributed by atoms with E-state index in [-0.39, 0.29) is 0 Å². The van der Waals surface area contributed by atoms with Crippen molar-refractivity contribution >= 4 is 5.97 Å². The van der Waals surface area contributed by atoms with E-state index >= 15 is 0 Å². The molecule has 0 heterocycles. The smallest absolute Gasteiger partial charge is 0.311 e. The van der Waals surface area contributed by atoms with Crippen molar-refractivity contribution in [2.24, 2.45) is 0 Å². The number of hydrogen-bond donors (Lipinski definition) is 2. The van der Waals surface area contributed by atoms with Gasteiger partial charge < -0.3 is 10.2 Å². The highest BCUT2D eigenvalue weighted by Crippen LogP contribution is 2.19. The summed E-state index contributed by atoms with van der Waals surface area (Å²) in [4.78, 5) is 10.8. The van der Waals surface area contributed by atoms with E-state index in [2.05, 4.69) is 6.58 Å². The second-order valence-corrected chi connectivity index (χ2v) is 2.83. The number of carboxylic acid groups (broad SMARTS) is 1. The number of hydrogen-bond acceptors (Lipinski definition) is 2. The molecule has 1 rings (SSSR count). The summed E-state index contributed by atoms with van der Waals surface area (Å²) in [5.74, 6) is -1.26. The standard InChI is InChI=1S/C11H12O2.CH4O/c1-2-6-10(11(12)13)9-7-4-3-5-8-9;1-2/h2-5,7-8,10H,1,6H2,(H,12,13);2H,1H3. The van der Waals surface area contributed by atoms with Crippen LogP contribution in [-0.2, 0) is 4.79 Å². The molecule has 0 amide bonds. The van der Waals surface area contributed by atoms with E-state index in [1.54, 1.807) is 6.08 Å². The van der Waals surface area contributed by atoms with Crippen LogP contribution in [-0.4, -0.2) is 23.3 Å². The predicted molar refractivity (Wildman–Crippen MR) is 59.8 cm³/mol. The van der Waals surface area contributed by atoms with Gasteiger partial charge in [0.1, 0.15) is 0 Å². The summed E-state index contributed by atoms with van der Waals surface area (Å²) in [6, 6.07) is 9.20. The van der Waals surface area contributed by atoms with Gasteiger partial charge in [0.2, 0.25) is 0 Å². The fourth-order valence-corrected chi connectivity index (χ4v) is 1.23. The maximum absolute atomic E-state index is 10.8. The monoisotopic (exact) mass is 208 g/mol. The number of aliphatic carboxylic acids is 1. The van der Waals surface area contributed by atoms with Gasteiger partial charge in [0, 0.05) is 7.11 Å². The van der Waals surface area contributed by atoms with E-state index in [4.69, 9.17) is 10.2 Å². The predicted octanol–water partition coefficient (Wildman–Crippen LogP) is 2.04. The van der Waals surface area contributed by atoms with Crippen LogP contribution in [0, 0.1) is 0 Å². The van der Waals surface area contributed by atoms with Crippen LogP contribution in [0.25, 0.3) is 0 Å². The molecule has 0 saturated carbocycles. The van der Waals surface area contributed by atoms with E-state index in [0.29, 0.717) is 6.42 Å². The SMILES string of the molecule is C=CCC(C(=O)O)c1ccccc1.CO. The first-order valence-corrected chi connectivity index (χ1v) is 4.59. The molecule has 0 aliphatic carbocycles. The molecule has 0 saturated heterocycles.